The second kappa shape index (κ2) is 7.53. The molecule has 4 N–H and O–H groups in total. The third-order valence-corrected chi connectivity index (χ3v) is 4.33. The molecule has 0 bridgehead atoms. The lowest BCUT2D eigenvalue weighted by atomic mass is 10.2. The molecule has 2 atom stereocenters. The molecule has 0 saturated carbocycles. The van der Waals surface area contributed by atoms with Gasteiger partial charge in [-0.25, -0.2) is 9.48 Å². The number of nitrogen functional groups attached to an aromatic ring is 1. The number of nitrogens with two attached hydrogens (primary N) is 2. The van der Waals surface area contributed by atoms with E-state index in [1.807, 2.05) is 36.6 Å². The summed E-state index contributed by atoms with van der Waals surface area (Å²) in [7, 11) is 0. The quantitative estimate of drug-likeness (QED) is 0.616. The van der Waals surface area contributed by atoms with E-state index >= 15 is 0 Å². The van der Waals surface area contributed by atoms with E-state index in [4.69, 9.17) is 27.8 Å². The van der Waals surface area contributed by atoms with Gasteiger partial charge in [-0.05, 0) is 24.8 Å². The SMILES string of the molecule is CSC(Cl)CC(N)C(=O)Oc1cc(N)n(-c2ccccc2)n1. The molecule has 0 fully saturated rings. The Labute approximate surface area is 137 Å². The van der Waals surface area contributed by atoms with E-state index in [0.717, 1.165) is 5.69 Å². The molecule has 0 radical (unpaired) electrons. The number of para-hydroxylation sites is 1. The summed E-state index contributed by atoms with van der Waals surface area (Å²) in [4.78, 5) is 11.9. The lowest BCUT2D eigenvalue weighted by Crippen LogP contribution is -2.36. The molecule has 2 rings (SSSR count). The van der Waals surface area contributed by atoms with Gasteiger partial charge in [-0.2, -0.15) is 0 Å². The van der Waals surface area contributed by atoms with Crippen LogP contribution in [0.2, 0.25) is 0 Å². The first-order valence-electron chi connectivity index (χ1n) is 6.56. The Kier molecular flexibility index (Phi) is 5.70. The fraction of sp³-hybridized carbons (Fsp3) is 0.286. The van der Waals surface area contributed by atoms with Gasteiger partial charge in [-0.1, -0.05) is 18.2 Å². The van der Waals surface area contributed by atoms with E-state index in [-0.39, 0.29) is 10.6 Å². The van der Waals surface area contributed by atoms with E-state index in [1.54, 1.807) is 0 Å². The number of anilines is 1. The van der Waals surface area contributed by atoms with E-state index in [1.165, 1.54) is 22.5 Å². The number of hydrogen-bond acceptors (Lipinski definition) is 6. The summed E-state index contributed by atoms with van der Waals surface area (Å²) in [6, 6.07) is 9.97. The highest BCUT2D eigenvalue weighted by atomic mass is 35.5. The summed E-state index contributed by atoms with van der Waals surface area (Å²) in [5, 5.41) is 4.16. The van der Waals surface area contributed by atoms with Crippen LogP contribution >= 0.6 is 23.4 Å². The van der Waals surface area contributed by atoms with Gasteiger partial charge in [0.15, 0.2) is 0 Å². The minimum absolute atomic E-state index is 0.108. The van der Waals surface area contributed by atoms with Gasteiger partial charge < -0.3 is 16.2 Å². The number of aromatic nitrogens is 2. The van der Waals surface area contributed by atoms with Gasteiger partial charge >= 0.3 is 5.97 Å². The third kappa shape index (κ3) is 4.16. The number of carbonyl (C=O) groups excluding carboxylic acids is 1. The molecule has 2 aromatic rings. The molecule has 0 amide bonds. The van der Waals surface area contributed by atoms with Crippen LogP contribution in [0.4, 0.5) is 5.82 Å². The summed E-state index contributed by atoms with van der Waals surface area (Å²) in [5.41, 5.74) is 12.4. The first-order valence-corrected chi connectivity index (χ1v) is 8.28. The molecule has 0 spiro atoms. The van der Waals surface area contributed by atoms with Crippen LogP contribution in [0.25, 0.3) is 5.69 Å². The Morgan fingerprint density at radius 1 is 1.45 bits per heavy atom. The number of ether oxygens (including phenoxy) is 1. The minimum atomic E-state index is -0.807. The normalized spacial score (nSPS) is 13.6. The van der Waals surface area contributed by atoms with Crippen molar-refractivity contribution >= 4 is 35.1 Å². The van der Waals surface area contributed by atoms with Crippen LogP contribution in [0.15, 0.2) is 36.4 Å². The zero-order valence-electron chi connectivity index (χ0n) is 12.0. The fourth-order valence-electron chi connectivity index (χ4n) is 1.77. The van der Waals surface area contributed by atoms with E-state index in [2.05, 4.69) is 5.10 Å². The van der Waals surface area contributed by atoms with Crippen molar-refractivity contribution in [3.8, 4) is 11.6 Å². The number of esters is 1. The zero-order chi connectivity index (χ0) is 16.1. The number of hydrogen-bond donors (Lipinski definition) is 2. The van der Waals surface area contributed by atoms with E-state index < -0.39 is 12.0 Å². The van der Waals surface area contributed by atoms with Gasteiger partial charge in [0, 0.05) is 6.07 Å². The van der Waals surface area contributed by atoms with Crippen molar-refractivity contribution in [2.45, 2.75) is 17.2 Å². The molecular weight excluding hydrogens is 324 g/mol. The zero-order valence-corrected chi connectivity index (χ0v) is 13.6. The second-order valence-electron chi connectivity index (χ2n) is 4.56. The number of alkyl halides is 1. The highest BCUT2D eigenvalue weighted by molar-refractivity contribution is 8.00. The smallest absolute Gasteiger partial charge is 0.329 e. The number of nitrogens with zero attached hydrogens (tertiary/aromatic N) is 2. The molecule has 6 nitrogen and oxygen atoms in total. The molecule has 1 heterocycles. The summed E-state index contributed by atoms with van der Waals surface area (Å²) < 4.78 is 6.41. The highest BCUT2D eigenvalue weighted by Gasteiger charge is 2.21. The highest BCUT2D eigenvalue weighted by Crippen LogP contribution is 2.20. The first kappa shape index (κ1) is 16.7. The lowest BCUT2D eigenvalue weighted by molar-refractivity contribution is -0.136. The van der Waals surface area contributed by atoms with Crippen molar-refractivity contribution in [2.75, 3.05) is 12.0 Å². The monoisotopic (exact) mass is 340 g/mol. The van der Waals surface area contributed by atoms with Gasteiger partial charge in [0.25, 0.3) is 0 Å². The fourth-order valence-corrected chi connectivity index (χ4v) is 2.36. The van der Waals surface area contributed by atoms with Crippen LogP contribution in [-0.4, -0.2) is 32.8 Å². The molecule has 8 heteroatoms. The molecule has 1 aromatic heterocycles. The maximum Gasteiger partial charge on any atom is 0.329 e. The maximum atomic E-state index is 11.9. The largest absolute Gasteiger partial charge is 0.405 e. The van der Waals surface area contributed by atoms with Gasteiger partial charge in [0.05, 0.1) is 10.4 Å². The van der Waals surface area contributed by atoms with Crippen LogP contribution in [-0.2, 0) is 4.79 Å². The van der Waals surface area contributed by atoms with Gasteiger partial charge in [-0.15, -0.1) is 28.5 Å². The van der Waals surface area contributed by atoms with Gasteiger partial charge in [0.1, 0.15) is 11.9 Å². The van der Waals surface area contributed by atoms with Gasteiger partial charge in [0.2, 0.25) is 5.88 Å². The van der Waals surface area contributed by atoms with Crippen LogP contribution in [0.3, 0.4) is 0 Å². The predicted octanol–water partition coefficient (Wildman–Crippen LogP) is 2.01. The van der Waals surface area contributed by atoms with Crippen molar-refractivity contribution in [1.29, 1.82) is 0 Å². The molecule has 1 aromatic carbocycles. The van der Waals surface area contributed by atoms with Crippen LogP contribution in [0.5, 0.6) is 5.88 Å². The van der Waals surface area contributed by atoms with Crippen LogP contribution in [0.1, 0.15) is 6.42 Å². The Balaban J connectivity index is 2.07. The van der Waals surface area contributed by atoms with Crippen molar-refractivity contribution in [2.24, 2.45) is 5.73 Å². The number of rotatable bonds is 6. The number of halogens is 1. The standard InChI is InChI=1S/C14H17ClN4O2S/c1-22-11(15)7-10(16)14(20)21-13-8-12(17)19(18-13)9-5-3-2-4-6-9/h2-6,8,10-11H,7,16-17H2,1H3. The Hall–Kier alpha value is -1.70. The Morgan fingerprint density at radius 3 is 2.77 bits per heavy atom. The maximum absolute atomic E-state index is 11.9. The minimum Gasteiger partial charge on any atom is -0.405 e. The van der Waals surface area contributed by atoms with Gasteiger partial charge in [-0.3, -0.25) is 0 Å². The Morgan fingerprint density at radius 2 is 2.14 bits per heavy atom. The average Bonchev–Trinajstić information content (AvgIpc) is 2.88. The summed E-state index contributed by atoms with van der Waals surface area (Å²) in [6.45, 7) is 0. The summed E-state index contributed by atoms with van der Waals surface area (Å²) >= 11 is 7.37. The number of benzene rings is 1. The van der Waals surface area contributed by atoms with Crippen molar-refractivity contribution in [3.05, 3.63) is 36.4 Å². The van der Waals surface area contributed by atoms with Crippen molar-refractivity contribution in [1.82, 2.24) is 9.78 Å². The Bertz CT molecular complexity index is 635. The molecular formula is C14H17ClN4O2S. The summed E-state index contributed by atoms with van der Waals surface area (Å²) in [5.74, 6) is -0.114. The predicted molar refractivity (Wildman–Crippen MR) is 89.4 cm³/mol. The molecule has 0 saturated heterocycles. The molecule has 118 valence electrons. The summed E-state index contributed by atoms with van der Waals surface area (Å²) in [6.07, 6.45) is 2.16. The molecule has 0 aliphatic rings. The molecule has 2 unspecified atom stereocenters. The topological polar surface area (TPSA) is 96.2 Å². The van der Waals surface area contributed by atoms with Crippen LogP contribution < -0.4 is 16.2 Å². The third-order valence-electron chi connectivity index (χ3n) is 2.92. The van der Waals surface area contributed by atoms with Crippen LogP contribution in [0, 0.1) is 0 Å². The molecule has 0 aliphatic carbocycles. The number of thioether (sulfide) groups is 1. The second-order valence-corrected chi connectivity index (χ2v) is 6.39. The molecule has 0 aliphatic heterocycles. The van der Waals surface area contributed by atoms with E-state index in [0.29, 0.717) is 12.2 Å². The number of carbonyl (C=O) groups is 1. The van der Waals surface area contributed by atoms with E-state index in [9.17, 15) is 4.79 Å². The first-order chi connectivity index (χ1) is 10.5. The van der Waals surface area contributed by atoms with Crippen molar-refractivity contribution in [3.63, 3.8) is 0 Å². The molecule has 22 heavy (non-hydrogen) atoms. The van der Waals surface area contributed by atoms with Crippen molar-refractivity contribution < 1.29 is 9.53 Å². The average molecular weight is 341 g/mol. The lowest BCUT2D eigenvalue weighted by Gasteiger charge is -2.12.